The summed E-state index contributed by atoms with van der Waals surface area (Å²) < 4.78 is 23.7. The van der Waals surface area contributed by atoms with Crippen LogP contribution in [0.3, 0.4) is 0 Å². The maximum atomic E-state index is 13.1. The van der Waals surface area contributed by atoms with Crippen LogP contribution in [0.25, 0.3) is 0 Å². The smallest absolute Gasteiger partial charge is 0.335 e. The molecule has 692 valence electrons. The number of nitro benzene ring substituents is 4. The molecule has 5 N–H and O–H groups in total. The molecule has 11 aromatic carbocycles. The number of carbonyl (C=O) groups is 6. The van der Waals surface area contributed by atoms with E-state index in [2.05, 4.69) is 49.4 Å². The van der Waals surface area contributed by atoms with Crippen LogP contribution < -0.4 is 25.4 Å². The zero-order chi connectivity index (χ0) is 96.9. The van der Waals surface area contributed by atoms with Crippen molar-refractivity contribution in [1.29, 1.82) is 0 Å². The minimum absolute atomic E-state index is 0. The van der Waals surface area contributed by atoms with E-state index < -0.39 is 31.6 Å². The number of ether oxygens (including phenoxy) is 2. The quantitative estimate of drug-likeness (QED) is 0.0103. The number of aryl methyl sites for hydroxylation is 3. The third-order valence-electron chi connectivity index (χ3n) is 19.1. The molecule has 0 fully saturated rings. The largest absolute Gasteiger partial charge is 0.481 e. The van der Waals surface area contributed by atoms with E-state index in [0.717, 1.165) is 68.0 Å². The zero-order valence-corrected chi connectivity index (χ0v) is 77.9. The highest BCUT2D eigenvalue weighted by Crippen LogP contribution is 2.40. The third kappa shape index (κ3) is 35.9. The Hall–Kier alpha value is -14.6. The second-order valence-corrected chi connectivity index (χ2v) is 32.9. The molecule has 0 bridgehead atoms. The van der Waals surface area contributed by atoms with E-state index in [1.807, 2.05) is 131 Å². The molecule has 0 aromatic heterocycles. The maximum absolute atomic E-state index is 13.1. The fraction of sp³-hybridized carbons (Fsp3) is 0.200. The lowest BCUT2D eigenvalue weighted by molar-refractivity contribution is -0.387. The number of amides is 3. The van der Waals surface area contributed by atoms with E-state index in [-0.39, 0.29) is 99.9 Å². The summed E-state index contributed by atoms with van der Waals surface area (Å²) >= 11 is 4.93. The maximum Gasteiger partial charge on any atom is 0.335 e. The van der Waals surface area contributed by atoms with Gasteiger partial charge in [-0.25, -0.2) is 14.0 Å². The Balaban J connectivity index is 0.000000267. The molecular weight excluding hydrogens is 1810 g/mol. The first-order chi connectivity index (χ1) is 63.9. The standard InChI is InChI=1S/C34H31N3O5S.C21H23N3O3S.C16H11NO5S.C15H19FN2O.C14H11NO4S.ClH/c1-3-22-42-29-15-17-30(18-16-29)43-32-19-14-28(23-31(32)37(40)41)34(39)35-20-21-36(4-2)24-25-10-12-27(13-11-25)33(38)26-8-6-5-7-9-26;1-4-13-23(5-2)14-12-22-21(25)17-8-11-20(19(15-17)24(26)27)28-18-9-6-16(3)7-10-18;1-2-9-22-12-4-6-13(7-5-12)23-15-8-3-11(16(18)19)10-14(15)17(20)21;1-4-9-18(5-2)10-8-17-15(19)13-6-7-14(16)12(3)11-13;1-9-2-5-11(6-3-9)20-13-7-4-10(14(16)17)8-12(13)15(18)19;/h1,5-19,23H,4,20-22,24H2,2H3,(H,35,39);1,6-11,15H,5,12-14H2,2-3H3,(H,22,25);1,3-8,10H,9H2,(H,18,19);1,6-7,11H,5,8-10H2,2-3H3,(H,17,19);2-8H,1H3,(H,16,17);1H. The van der Waals surface area contributed by atoms with Gasteiger partial charge in [0.25, 0.3) is 40.5 Å². The molecule has 0 saturated heterocycles. The monoisotopic (exact) mass is 1910 g/mol. The van der Waals surface area contributed by atoms with Crippen LogP contribution in [0.1, 0.15) is 111 Å². The number of nitro groups is 4. The average molecular weight is 1910 g/mol. The van der Waals surface area contributed by atoms with Gasteiger partial charge in [0.1, 0.15) is 30.5 Å². The Morgan fingerprint density at radius 2 is 0.687 bits per heavy atom. The van der Waals surface area contributed by atoms with Crippen molar-refractivity contribution < 1.29 is 72.5 Å². The van der Waals surface area contributed by atoms with Crippen LogP contribution in [0.2, 0.25) is 0 Å². The van der Waals surface area contributed by atoms with Crippen molar-refractivity contribution in [2.75, 3.05) is 85.2 Å². The third-order valence-corrected chi connectivity index (χ3v) is 23.4. The molecule has 0 unspecified atom stereocenters. The lowest BCUT2D eigenvalue weighted by Gasteiger charge is -2.21. The summed E-state index contributed by atoms with van der Waals surface area (Å²) in [7, 11) is 0. The highest BCUT2D eigenvalue weighted by atomic mass is 35.5. The second kappa shape index (κ2) is 56.9. The van der Waals surface area contributed by atoms with Gasteiger partial charge in [-0.3, -0.25) is 74.3 Å². The van der Waals surface area contributed by atoms with E-state index >= 15 is 0 Å². The lowest BCUT2D eigenvalue weighted by Crippen LogP contribution is -2.35. The Kier molecular flexibility index (Phi) is 45.9. The molecule has 0 radical (unpaired) electrons. The van der Waals surface area contributed by atoms with E-state index in [9.17, 15) is 73.6 Å². The first-order valence-corrected chi connectivity index (χ1v) is 44.3. The Bertz CT molecular complexity index is 6060. The number of carbonyl (C=O) groups excluding carboxylic acids is 4. The molecule has 0 aliphatic carbocycles. The van der Waals surface area contributed by atoms with Gasteiger partial charge in [0.05, 0.1) is 63.5 Å². The average Bonchev–Trinajstić information content (AvgIpc) is 0.832. The topological polar surface area (TPSA) is 380 Å². The molecule has 28 nitrogen and oxygen atoms in total. The number of likely N-dealkylation sites (N-methyl/N-ethyl adjacent to an activating group) is 3. The Morgan fingerprint density at radius 1 is 0.388 bits per heavy atom. The van der Waals surface area contributed by atoms with Gasteiger partial charge in [0, 0.05) is 117 Å². The molecule has 0 aliphatic rings. The molecule has 0 aliphatic heterocycles. The molecule has 0 saturated carbocycles. The minimum Gasteiger partial charge on any atom is -0.481 e. The van der Waals surface area contributed by atoms with Crippen molar-refractivity contribution in [2.45, 2.75) is 87.3 Å². The first kappa shape index (κ1) is 108. The molecule has 134 heavy (non-hydrogen) atoms. The van der Waals surface area contributed by atoms with Crippen molar-refractivity contribution >= 4 is 118 Å². The minimum atomic E-state index is -1.21. The van der Waals surface area contributed by atoms with E-state index in [1.54, 1.807) is 97.9 Å². The molecule has 0 atom stereocenters. The number of carboxylic acid groups (broad SMARTS) is 2. The number of benzene rings is 11. The summed E-state index contributed by atoms with van der Waals surface area (Å²) in [4.78, 5) is 126. The predicted molar refractivity (Wildman–Crippen MR) is 521 cm³/mol. The summed E-state index contributed by atoms with van der Waals surface area (Å²) in [5, 5.41) is 71.7. The van der Waals surface area contributed by atoms with Gasteiger partial charge >= 0.3 is 11.9 Å². The van der Waals surface area contributed by atoms with Gasteiger partial charge < -0.3 is 35.6 Å². The zero-order valence-electron chi connectivity index (χ0n) is 73.8. The lowest BCUT2D eigenvalue weighted by atomic mass is 10.0. The fourth-order valence-corrected chi connectivity index (χ4v) is 15.5. The van der Waals surface area contributed by atoms with Crippen LogP contribution in [0.5, 0.6) is 11.5 Å². The first-order valence-electron chi connectivity index (χ1n) is 41.0. The van der Waals surface area contributed by atoms with Crippen LogP contribution in [0.4, 0.5) is 27.1 Å². The van der Waals surface area contributed by atoms with Crippen molar-refractivity contribution in [3.8, 4) is 60.9 Å². The number of aromatic carboxylic acids is 2. The highest BCUT2D eigenvalue weighted by Gasteiger charge is 2.24. The molecular formula is C100H96ClFN10O18S4. The summed E-state index contributed by atoms with van der Waals surface area (Å²) in [5.74, 6) is 7.48. The van der Waals surface area contributed by atoms with Crippen molar-refractivity contribution in [3.63, 3.8) is 0 Å². The summed E-state index contributed by atoms with van der Waals surface area (Å²) in [5.41, 5.74) is 5.09. The van der Waals surface area contributed by atoms with Crippen LogP contribution in [-0.4, -0.2) is 165 Å². The van der Waals surface area contributed by atoms with Crippen LogP contribution in [0.15, 0.2) is 282 Å². The summed E-state index contributed by atoms with van der Waals surface area (Å²) in [6.45, 7) is 19.3. The van der Waals surface area contributed by atoms with Crippen molar-refractivity contribution in [1.82, 2.24) is 30.7 Å². The molecule has 11 aromatic rings. The number of halogens is 2. The van der Waals surface area contributed by atoms with Gasteiger partial charge in [0.15, 0.2) is 5.78 Å². The van der Waals surface area contributed by atoms with Crippen molar-refractivity contribution in [3.05, 3.63) is 350 Å². The number of hydrogen-bond acceptors (Lipinski definition) is 23. The van der Waals surface area contributed by atoms with Crippen LogP contribution in [0, 0.1) is 116 Å². The normalized spacial score (nSPS) is 10.3. The van der Waals surface area contributed by atoms with E-state index in [1.165, 1.54) is 95.6 Å². The van der Waals surface area contributed by atoms with Gasteiger partial charge in [-0.2, -0.15) is 0 Å². The molecule has 0 spiro atoms. The van der Waals surface area contributed by atoms with Gasteiger partial charge in [0.2, 0.25) is 0 Å². The van der Waals surface area contributed by atoms with Gasteiger partial charge in [-0.15, -0.1) is 38.1 Å². The number of nitrogens with zero attached hydrogens (tertiary/aromatic N) is 7. The number of rotatable bonds is 39. The second-order valence-electron chi connectivity index (χ2n) is 28.5. The van der Waals surface area contributed by atoms with Crippen LogP contribution in [-0.2, 0) is 6.54 Å². The number of ketones is 1. The van der Waals surface area contributed by atoms with E-state index in [0.29, 0.717) is 112 Å². The SMILES string of the molecule is C#CCN(CC)CCNC(=O)c1ccc(F)c(C)c1.C#CCN(CC)CCNC(=O)c1ccc(Sc2ccc(C)cc2)c([N+](=O)[O-])c1.C#CCOc1ccc(Sc2ccc(C(=O)NCCN(CC)Cc3ccc(C(=O)c4ccccc4)cc3)cc2[N+](=O)[O-])cc1.C#CCOc1ccc(Sc2ccc(C(=O)O)cc2[N+](=O)[O-])cc1.Cc1ccc(Sc2ccc(C(=O)O)cc2[N+](=O)[O-])cc1.Cl. The fourth-order valence-electron chi connectivity index (χ4n) is 11.9. The summed E-state index contributed by atoms with van der Waals surface area (Å²) in [6.07, 6.45) is 20.9. The number of nitrogens with one attached hydrogen (secondary N) is 3. The molecule has 0 heterocycles. The number of hydrogen-bond donors (Lipinski definition) is 5. The number of carboxylic acids is 2. The molecule has 11 rings (SSSR count). The van der Waals surface area contributed by atoms with Crippen molar-refractivity contribution in [2.24, 2.45) is 0 Å². The predicted octanol–water partition coefficient (Wildman–Crippen LogP) is 19.4. The summed E-state index contributed by atoms with van der Waals surface area (Å²) in [6, 6.07) is 67.1. The van der Waals surface area contributed by atoms with Gasteiger partial charge in [-0.05, 0) is 191 Å². The van der Waals surface area contributed by atoms with E-state index in [4.69, 9.17) is 45.4 Å². The number of terminal acetylenes is 4. The molecule has 34 heteroatoms. The highest BCUT2D eigenvalue weighted by molar-refractivity contribution is 8.00. The van der Waals surface area contributed by atoms with Crippen LogP contribution >= 0.6 is 59.5 Å². The Labute approximate surface area is 799 Å². The Morgan fingerprint density at radius 3 is 1.00 bits per heavy atom. The molecule has 3 amide bonds. The van der Waals surface area contributed by atoms with Gasteiger partial charge in [-0.1, -0.05) is 181 Å².